The van der Waals surface area contributed by atoms with Gasteiger partial charge in [-0.05, 0) is 25.1 Å². The molecule has 2 atom stereocenters. The van der Waals surface area contributed by atoms with Crippen LogP contribution in [0.5, 0.6) is 0 Å². The van der Waals surface area contributed by atoms with Gasteiger partial charge in [-0.1, -0.05) is 38.4 Å². The van der Waals surface area contributed by atoms with Gasteiger partial charge in [-0.15, -0.1) is 0 Å². The van der Waals surface area contributed by atoms with Crippen molar-refractivity contribution in [2.75, 3.05) is 0 Å². The van der Waals surface area contributed by atoms with E-state index in [1.165, 1.54) is 51.8 Å². The fourth-order valence-electron chi connectivity index (χ4n) is 4.85. The van der Waals surface area contributed by atoms with E-state index < -0.39 is 38.2 Å². The molecule has 0 aromatic rings. The Kier molecular flexibility index (Phi) is 20.3. The first kappa shape index (κ1) is 42.4. The minimum atomic E-state index is -2.59. The standard InChI is InChI=1S/C23H40ClN2O3Si.3C4H9.Sn/c1-11-19(27)26-20(22(3,4)5)21(28)25-16-12-13-18(15-14-17(2)24)29-30(9,10)23(6,7)8;3*1-3-4-2;/h1,11-12,14,16,18,20H,13,15H2,2-10H3,(H,25,28)(H,26,27);3*1,3-4H2,2H3;/b11-1?,16-12-,17-14+;;;;/t18-,20+;;;;/m0..../s1. The molecule has 0 aliphatic carbocycles. The van der Waals surface area contributed by atoms with Crippen molar-refractivity contribution in [3.05, 3.63) is 33.6 Å². The summed E-state index contributed by atoms with van der Waals surface area (Å²) in [5, 5.41) is 6.83. The van der Waals surface area contributed by atoms with Gasteiger partial charge in [-0.2, -0.15) is 0 Å². The predicted molar refractivity (Wildman–Crippen MR) is 194 cm³/mol. The molecule has 43 heavy (non-hydrogen) atoms. The number of nitrogens with one attached hydrogen (secondary N) is 2. The van der Waals surface area contributed by atoms with E-state index in [9.17, 15) is 9.59 Å². The van der Waals surface area contributed by atoms with E-state index in [1.807, 2.05) is 39.8 Å². The second kappa shape index (κ2) is 20.5. The molecule has 5 nitrogen and oxygen atoms in total. The van der Waals surface area contributed by atoms with Crippen molar-refractivity contribution >= 4 is 50.1 Å². The van der Waals surface area contributed by atoms with Gasteiger partial charge in [0, 0.05) is 5.03 Å². The number of carbonyl (C=O) groups excluding carboxylic acids is 2. The molecule has 0 saturated carbocycles. The van der Waals surface area contributed by atoms with Crippen LogP contribution in [0, 0.1) is 5.41 Å². The van der Waals surface area contributed by atoms with Crippen LogP contribution >= 0.6 is 11.6 Å². The zero-order valence-electron chi connectivity index (χ0n) is 29.9. The van der Waals surface area contributed by atoms with E-state index in [4.69, 9.17) is 16.0 Å². The summed E-state index contributed by atoms with van der Waals surface area (Å²) in [4.78, 5) is 26.6. The Bertz CT molecular complexity index is 893. The molecule has 0 aromatic heterocycles. The molecule has 0 heterocycles. The summed E-state index contributed by atoms with van der Waals surface area (Å²) in [5.74, 6) is -0.364. The van der Waals surface area contributed by atoms with Gasteiger partial charge in [0.15, 0.2) is 8.32 Å². The van der Waals surface area contributed by atoms with E-state index in [2.05, 4.69) is 69.4 Å². The first-order valence-electron chi connectivity index (χ1n) is 16.8. The number of rotatable bonds is 20. The number of hydrogen-bond donors (Lipinski definition) is 2. The summed E-state index contributed by atoms with van der Waals surface area (Å²) in [6, 6.07) is -0.651. The van der Waals surface area contributed by atoms with E-state index in [-0.39, 0.29) is 23.0 Å². The molecule has 0 aliphatic heterocycles. The Morgan fingerprint density at radius 2 is 1.42 bits per heavy atom. The Balaban J connectivity index is 5.65. The molecule has 0 fully saturated rings. The Morgan fingerprint density at radius 3 is 1.84 bits per heavy atom. The van der Waals surface area contributed by atoms with Gasteiger partial charge in [0.1, 0.15) is 0 Å². The van der Waals surface area contributed by atoms with E-state index in [0.29, 0.717) is 12.8 Å². The van der Waals surface area contributed by atoms with Crippen molar-refractivity contribution in [3.8, 4) is 0 Å². The summed E-state index contributed by atoms with van der Waals surface area (Å²) < 4.78 is 12.9. The normalized spacial score (nSPS) is 15.2. The van der Waals surface area contributed by atoms with Crippen molar-refractivity contribution in [2.24, 2.45) is 5.41 Å². The topological polar surface area (TPSA) is 67.4 Å². The van der Waals surface area contributed by atoms with Crippen LogP contribution in [0.2, 0.25) is 31.4 Å². The average molecular weight is 746 g/mol. The average Bonchev–Trinajstić information content (AvgIpc) is 2.90. The fraction of sp³-hybridized carbons (Fsp3) is 0.771. The quantitative estimate of drug-likeness (QED) is 0.0963. The van der Waals surface area contributed by atoms with Crippen LogP contribution < -0.4 is 10.6 Å². The van der Waals surface area contributed by atoms with Gasteiger partial charge < -0.3 is 0 Å². The first-order valence-corrected chi connectivity index (χ1v) is 27.8. The molecule has 2 amide bonds. The third-order valence-electron chi connectivity index (χ3n) is 8.76. The van der Waals surface area contributed by atoms with Crippen LogP contribution in [0.1, 0.15) is 121 Å². The van der Waals surface area contributed by atoms with Crippen LogP contribution in [0.4, 0.5) is 0 Å². The molecule has 0 saturated heterocycles. The van der Waals surface area contributed by atoms with Gasteiger partial charge in [-0.25, -0.2) is 0 Å². The van der Waals surface area contributed by atoms with Gasteiger partial charge in [0.25, 0.3) is 0 Å². The minimum absolute atomic E-state index is 0.0225. The monoisotopic (exact) mass is 746 g/mol. The summed E-state index contributed by atoms with van der Waals surface area (Å²) in [7, 11) is -1.97. The Labute approximate surface area is 276 Å². The summed E-state index contributed by atoms with van der Waals surface area (Å²) >= 11 is 3.53. The third kappa shape index (κ3) is 17.6. The Hall–Kier alpha value is -0.574. The van der Waals surface area contributed by atoms with E-state index in [0.717, 1.165) is 5.03 Å². The molecule has 0 rings (SSSR count). The summed E-state index contributed by atoms with van der Waals surface area (Å²) in [6.45, 7) is 25.8. The molecule has 0 unspecified atom stereocenters. The van der Waals surface area contributed by atoms with Crippen LogP contribution in [0.15, 0.2) is 33.6 Å². The molecule has 0 bridgehead atoms. The summed E-state index contributed by atoms with van der Waals surface area (Å²) in [5.41, 5.74) is -0.439. The number of amides is 2. The van der Waals surface area contributed by atoms with Crippen molar-refractivity contribution in [1.29, 1.82) is 0 Å². The molecular formula is C35H67ClN2O3SiSn. The number of halogens is 1. The number of unbranched alkanes of at least 4 members (excludes halogenated alkanes) is 3. The van der Waals surface area contributed by atoms with Crippen LogP contribution in [0.25, 0.3) is 0 Å². The molecule has 0 spiro atoms. The predicted octanol–water partition coefficient (Wildman–Crippen LogP) is 10.4. The van der Waals surface area contributed by atoms with Crippen LogP contribution in [-0.2, 0) is 14.0 Å². The van der Waals surface area contributed by atoms with Gasteiger partial charge in [-0.3, -0.25) is 0 Å². The van der Waals surface area contributed by atoms with Crippen molar-refractivity contribution < 1.29 is 14.0 Å². The zero-order valence-corrected chi connectivity index (χ0v) is 34.5. The van der Waals surface area contributed by atoms with Gasteiger partial charge in [0.2, 0.25) is 0 Å². The fourth-order valence-corrected chi connectivity index (χ4v) is 20.4. The molecule has 8 heteroatoms. The van der Waals surface area contributed by atoms with Gasteiger partial charge in [0.05, 0.1) is 0 Å². The van der Waals surface area contributed by atoms with E-state index >= 15 is 0 Å². The van der Waals surface area contributed by atoms with Gasteiger partial charge >= 0.3 is 201 Å². The maximum atomic E-state index is 13.3. The SMILES string of the molecule is CCC[CH2][Sn](/[CH]=C\C(=O)N[C@H](C(=O)N/C=C\C[C@@H](C/C=C(\C)Cl)O[Si](C)(C)C(C)(C)C)C(C)(C)C)([CH2]CCC)[CH2]CCC. The van der Waals surface area contributed by atoms with Crippen molar-refractivity contribution in [3.63, 3.8) is 0 Å². The molecule has 2 N–H and O–H groups in total. The third-order valence-corrected chi connectivity index (χ3v) is 27.5. The number of allylic oxidation sites excluding steroid dienone is 1. The molecule has 250 valence electrons. The number of carbonyl (C=O) groups is 2. The number of hydrogen-bond acceptors (Lipinski definition) is 3. The zero-order chi connectivity index (χ0) is 33.3. The molecular weight excluding hydrogens is 679 g/mol. The van der Waals surface area contributed by atoms with Crippen molar-refractivity contribution in [2.45, 2.75) is 164 Å². The van der Waals surface area contributed by atoms with E-state index in [1.54, 1.807) is 12.3 Å². The second-order valence-electron chi connectivity index (χ2n) is 15.0. The van der Waals surface area contributed by atoms with Crippen LogP contribution in [0.3, 0.4) is 0 Å². The van der Waals surface area contributed by atoms with Crippen LogP contribution in [-0.4, -0.2) is 50.7 Å². The van der Waals surface area contributed by atoms with Crippen molar-refractivity contribution in [1.82, 2.24) is 10.6 Å². The second-order valence-corrected chi connectivity index (χ2v) is 33.3. The first-order chi connectivity index (χ1) is 19.8. The molecule has 0 radical (unpaired) electrons. The Morgan fingerprint density at radius 1 is 0.907 bits per heavy atom. The molecule has 0 aliphatic rings. The molecule has 0 aromatic carbocycles. The maximum absolute atomic E-state index is 13.3. The summed E-state index contributed by atoms with van der Waals surface area (Å²) in [6.07, 6.45) is 16.1.